The van der Waals surface area contributed by atoms with Gasteiger partial charge < -0.3 is 10.1 Å². The van der Waals surface area contributed by atoms with Crippen LogP contribution in [0.4, 0.5) is 0 Å². The van der Waals surface area contributed by atoms with Crippen molar-refractivity contribution >= 4 is 40.5 Å². The number of carbonyl (C=O) groups excluding carboxylic acids is 2. The standard InChI is InChI=1S/C25H25Cl2NO3/c1-2-9-25-10-8-18(29)12-19(25)22-17(13-25)11-20(23(26)24(22)27)31-15-21(30)28-14-16-6-4-3-5-7-16/h3-7,11-12H,2,8-10,13-15H2,1H3,(H,28,30). The quantitative estimate of drug-likeness (QED) is 0.573. The molecular weight excluding hydrogens is 433 g/mol. The van der Waals surface area contributed by atoms with Crippen LogP contribution in [0, 0.1) is 5.41 Å². The molecule has 0 saturated carbocycles. The Kier molecular flexibility index (Phi) is 6.40. The summed E-state index contributed by atoms with van der Waals surface area (Å²) in [6.45, 7) is 2.44. The zero-order chi connectivity index (χ0) is 22.0. The molecule has 31 heavy (non-hydrogen) atoms. The van der Waals surface area contributed by atoms with E-state index in [9.17, 15) is 9.59 Å². The maximum absolute atomic E-state index is 12.2. The van der Waals surface area contributed by atoms with Crippen LogP contribution in [0.25, 0.3) is 5.57 Å². The van der Waals surface area contributed by atoms with Crippen LogP contribution in [0.5, 0.6) is 5.75 Å². The van der Waals surface area contributed by atoms with Crippen molar-refractivity contribution in [2.75, 3.05) is 6.61 Å². The van der Waals surface area contributed by atoms with Gasteiger partial charge in [0.15, 0.2) is 12.4 Å². The van der Waals surface area contributed by atoms with Gasteiger partial charge >= 0.3 is 0 Å². The molecule has 0 spiro atoms. The van der Waals surface area contributed by atoms with Crippen molar-refractivity contribution in [3.63, 3.8) is 0 Å². The van der Waals surface area contributed by atoms with Crippen molar-refractivity contribution in [2.45, 2.75) is 45.6 Å². The van der Waals surface area contributed by atoms with E-state index < -0.39 is 0 Å². The summed E-state index contributed by atoms with van der Waals surface area (Å²) in [5, 5.41) is 3.52. The predicted octanol–water partition coefficient (Wildman–Crippen LogP) is 5.78. The summed E-state index contributed by atoms with van der Waals surface area (Å²) in [6, 6.07) is 11.6. The molecule has 1 N–H and O–H groups in total. The second-order valence-electron chi connectivity index (χ2n) is 8.32. The van der Waals surface area contributed by atoms with E-state index >= 15 is 0 Å². The number of benzene rings is 2. The second kappa shape index (κ2) is 9.05. The number of carbonyl (C=O) groups is 2. The number of hydrogen-bond donors (Lipinski definition) is 1. The number of rotatable bonds is 7. The average Bonchev–Trinajstić information content (AvgIpc) is 3.08. The van der Waals surface area contributed by atoms with Crippen molar-refractivity contribution in [1.82, 2.24) is 5.32 Å². The van der Waals surface area contributed by atoms with Gasteiger partial charge in [0.1, 0.15) is 10.8 Å². The number of ketones is 1. The molecule has 4 nitrogen and oxygen atoms in total. The summed E-state index contributed by atoms with van der Waals surface area (Å²) >= 11 is 13.2. The van der Waals surface area contributed by atoms with E-state index in [0.717, 1.165) is 47.9 Å². The van der Waals surface area contributed by atoms with Crippen LogP contribution < -0.4 is 10.1 Å². The first-order chi connectivity index (χ1) is 14.9. The van der Waals surface area contributed by atoms with Gasteiger partial charge in [-0.3, -0.25) is 9.59 Å². The van der Waals surface area contributed by atoms with Crippen LogP contribution >= 0.6 is 23.2 Å². The van der Waals surface area contributed by atoms with E-state index in [-0.39, 0.29) is 28.7 Å². The molecule has 0 aromatic heterocycles. The number of amides is 1. The molecule has 2 aromatic rings. The fourth-order valence-corrected chi connectivity index (χ4v) is 5.29. The van der Waals surface area contributed by atoms with E-state index in [4.69, 9.17) is 27.9 Å². The lowest BCUT2D eigenvalue weighted by Crippen LogP contribution is -2.28. The second-order valence-corrected chi connectivity index (χ2v) is 9.08. The Hall–Kier alpha value is -2.30. The van der Waals surface area contributed by atoms with Crippen molar-refractivity contribution in [2.24, 2.45) is 5.41 Å². The molecule has 1 atom stereocenters. The molecule has 0 saturated heterocycles. The highest BCUT2D eigenvalue weighted by atomic mass is 35.5. The van der Waals surface area contributed by atoms with Gasteiger partial charge in [0.05, 0.1) is 5.02 Å². The van der Waals surface area contributed by atoms with Crippen molar-refractivity contribution in [3.05, 3.63) is 69.2 Å². The van der Waals surface area contributed by atoms with Gasteiger partial charge in [-0.05, 0) is 48.1 Å². The first kappa shape index (κ1) is 21.9. The van der Waals surface area contributed by atoms with Gasteiger partial charge in [-0.2, -0.15) is 0 Å². The van der Waals surface area contributed by atoms with Crippen LogP contribution in [-0.4, -0.2) is 18.3 Å². The normalized spacial score (nSPS) is 19.5. The topological polar surface area (TPSA) is 55.4 Å². The first-order valence-electron chi connectivity index (χ1n) is 10.6. The monoisotopic (exact) mass is 457 g/mol. The summed E-state index contributed by atoms with van der Waals surface area (Å²) in [5.41, 5.74) is 3.86. The Morgan fingerprint density at radius 2 is 1.97 bits per heavy atom. The van der Waals surface area contributed by atoms with Crippen LogP contribution in [-0.2, 0) is 22.6 Å². The van der Waals surface area contributed by atoms with Gasteiger partial charge in [-0.15, -0.1) is 0 Å². The van der Waals surface area contributed by atoms with E-state index in [1.165, 1.54) is 0 Å². The average molecular weight is 458 g/mol. The summed E-state index contributed by atoms with van der Waals surface area (Å²) in [6.07, 6.45) is 5.97. The molecule has 1 unspecified atom stereocenters. The Morgan fingerprint density at radius 3 is 2.71 bits per heavy atom. The number of nitrogens with one attached hydrogen (secondary N) is 1. The SMILES string of the molecule is CCCC12CCC(=O)C=C1c1c(cc(OCC(=O)NCc3ccccc3)c(Cl)c1Cl)C2. The molecule has 6 heteroatoms. The van der Waals surface area contributed by atoms with Crippen molar-refractivity contribution in [3.8, 4) is 5.75 Å². The molecule has 2 aliphatic rings. The molecular formula is C25H25Cl2NO3. The summed E-state index contributed by atoms with van der Waals surface area (Å²) in [5.74, 6) is 0.302. The molecule has 162 valence electrons. The van der Waals surface area contributed by atoms with Crippen LogP contribution in [0.2, 0.25) is 10.0 Å². The number of halogens is 2. The van der Waals surface area contributed by atoms with E-state index in [0.29, 0.717) is 23.7 Å². The lowest BCUT2D eigenvalue weighted by molar-refractivity contribution is -0.123. The highest BCUT2D eigenvalue weighted by molar-refractivity contribution is 6.44. The molecule has 2 aromatic carbocycles. The fourth-order valence-electron chi connectivity index (χ4n) is 4.77. The van der Waals surface area contributed by atoms with Crippen LogP contribution in [0.3, 0.4) is 0 Å². The number of allylic oxidation sites excluding steroid dienone is 2. The molecule has 0 radical (unpaired) electrons. The molecule has 0 fully saturated rings. The number of hydrogen-bond acceptors (Lipinski definition) is 3. The van der Waals surface area contributed by atoms with E-state index in [1.54, 1.807) is 6.08 Å². The molecule has 0 aliphatic heterocycles. The zero-order valence-corrected chi connectivity index (χ0v) is 19.0. The van der Waals surface area contributed by atoms with Gasteiger partial charge in [0.25, 0.3) is 5.91 Å². The fraction of sp³-hybridized carbons (Fsp3) is 0.360. The Balaban J connectivity index is 1.51. The number of ether oxygens (including phenoxy) is 1. The molecule has 4 rings (SSSR count). The van der Waals surface area contributed by atoms with Gasteiger partial charge in [-0.25, -0.2) is 0 Å². The summed E-state index contributed by atoms with van der Waals surface area (Å²) in [4.78, 5) is 24.4. The van der Waals surface area contributed by atoms with Crippen molar-refractivity contribution < 1.29 is 14.3 Å². The third-order valence-corrected chi connectivity index (χ3v) is 7.05. The molecule has 1 amide bonds. The van der Waals surface area contributed by atoms with Crippen LogP contribution in [0.1, 0.15) is 49.3 Å². The van der Waals surface area contributed by atoms with Crippen LogP contribution in [0.15, 0.2) is 42.5 Å². The first-order valence-corrected chi connectivity index (χ1v) is 11.4. The van der Waals surface area contributed by atoms with E-state index in [2.05, 4.69) is 12.2 Å². The number of fused-ring (bicyclic) bond motifs is 3. The maximum Gasteiger partial charge on any atom is 0.258 e. The van der Waals surface area contributed by atoms with Crippen molar-refractivity contribution in [1.29, 1.82) is 0 Å². The molecule has 0 heterocycles. The van der Waals surface area contributed by atoms with Gasteiger partial charge in [0.2, 0.25) is 0 Å². The Morgan fingerprint density at radius 1 is 1.19 bits per heavy atom. The zero-order valence-electron chi connectivity index (χ0n) is 17.5. The third-order valence-electron chi connectivity index (χ3n) is 6.20. The highest BCUT2D eigenvalue weighted by Crippen LogP contribution is 2.58. The highest BCUT2D eigenvalue weighted by Gasteiger charge is 2.45. The lowest BCUT2D eigenvalue weighted by atomic mass is 9.70. The minimum absolute atomic E-state index is 0.0658. The minimum Gasteiger partial charge on any atom is -0.482 e. The smallest absolute Gasteiger partial charge is 0.258 e. The summed E-state index contributed by atoms with van der Waals surface area (Å²) < 4.78 is 5.75. The Bertz CT molecular complexity index is 1050. The molecule has 2 aliphatic carbocycles. The maximum atomic E-state index is 12.2. The lowest BCUT2D eigenvalue weighted by Gasteiger charge is -2.33. The van der Waals surface area contributed by atoms with Gasteiger partial charge in [0, 0.05) is 23.9 Å². The van der Waals surface area contributed by atoms with E-state index in [1.807, 2.05) is 36.4 Å². The predicted molar refractivity (Wildman–Crippen MR) is 124 cm³/mol. The van der Waals surface area contributed by atoms with Gasteiger partial charge in [-0.1, -0.05) is 66.9 Å². The summed E-state index contributed by atoms with van der Waals surface area (Å²) in [7, 11) is 0. The largest absolute Gasteiger partial charge is 0.482 e. The minimum atomic E-state index is -0.235. The Labute approximate surface area is 192 Å². The third kappa shape index (κ3) is 4.37. The molecule has 0 bridgehead atoms.